The second kappa shape index (κ2) is 7.40. The van der Waals surface area contributed by atoms with E-state index in [9.17, 15) is 14.0 Å². The SMILES string of the molecule is O=C(c1ccc(=O)[nH]c1)N1CCC[C@H](c2nnc(-c3ccccc3F)s2)C1. The van der Waals surface area contributed by atoms with Gasteiger partial charge in [0.2, 0.25) is 5.56 Å². The summed E-state index contributed by atoms with van der Waals surface area (Å²) in [6.45, 7) is 1.19. The lowest BCUT2D eigenvalue weighted by atomic mass is 9.98. The summed E-state index contributed by atoms with van der Waals surface area (Å²) in [6, 6.07) is 9.38. The molecule has 0 saturated carbocycles. The second-order valence-electron chi connectivity index (χ2n) is 6.46. The molecule has 4 rings (SSSR count). The van der Waals surface area contributed by atoms with Gasteiger partial charge < -0.3 is 9.88 Å². The number of pyridine rings is 1. The van der Waals surface area contributed by atoms with Crippen LogP contribution in [0.15, 0.2) is 47.4 Å². The van der Waals surface area contributed by atoms with Gasteiger partial charge in [0.25, 0.3) is 5.91 Å². The Labute approximate surface area is 158 Å². The monoisotopic (exact) mass is 384 g/mol. The highest BCUT2D eigenvalue weighted by molar-refractivity contribution is 7.14. The molecule has 3 heterocycles. The quantitative estimate of drug-likeness (QED) is 0.753. The van der Waals surface area contributed by atoms with Crippen molar-refractivity contribution in [2.24, 2.45) is 0 Å². The third kappa shape index (κ3) is 3.66. The summed E-state index contributed by atoms with van der Waals surface area (Å²) in [5.74, 6) is -0.364. The Bertz CT molecular complexity index is 1010. The van der Waals surface area contributed by atoms with Crippen molar-refractivity contribution in [3.63, 3.8) is 0 Å². The number of halogens is 1. The smallest absolute Gasteiger partial charge is 0.255 e. The van der Waals surface area contributed by atoms with Crippen molar-refractivity contribution in [3.05, 3.63) is 69.3 Å². The van der Waals surface area contributed by atoms with Crippen LogP contribution in [0, 0.1) is 5.82 Å². The van der Waals surface area contributed by atoms with Crippen molar-refractivity contribution in [1.82, 2.24) is 20.1 Å². The number of hydrogen-bond donors (Lipinski definition) is 1. The van der Waals surface area contributed by atoms with Gasteiger partial charge in [-0.1, -0.05) is 23.5 Å². The van der Waals surface area contributed by atoms with E-state index in [4.69, 9.17) is 0 Å². The predicted molar refractivity (Wildman–Crippen MR) is 100 cm³/mol. The van der Waals surface area contributed by atoms with E-state index >= 15 is 0 Å². The third-order valence-electron chi connectivity index (χ3n) is 4.63. The van der Waals surface area contributed by atoms with Gasteiger partial charge in [-0.2, -0.15) is 0 Å². The summed E-state index contributed by atoms with van der Waals surface area (Å²) >= 11 is 1.37. The van der Waals surface area contributed by atoms with E-state index in [1.807, 2.05) is 0 Å². The highest BCUT2D eigenvalue weighted by Gasteiger charge is 2.28. The molecule has 0 spiro atoms. The molecule has 2 aromatic heterocycles. The molecular weight excluding hydrogens is 367 g/mol. The Morgan fingerprint density at radius 3 is 2.85 bits per heavy atom. The topological polar surface area (TPSA) is 79.0 Å². The van der Waals surface area contributed by atoms with Crippen LogP contribution in [-0.4, -0.2) is 39.1 Å². The van der Waals surface area contributed by atoms with Crippen LogP contribution in [-0.2, 0) is 0 Å². The lowest BCUT2D eigenvalue weighted by molar-refractivity contribution is 0.0706. The van der Waals surface area contributed by atoms with E-state index < -0.39 is 0 Å². The van der Waals surface area contributed by atoms with E-state index in [1.54, 1.807) is 23.1 Å². The van der Waals surface area contributed by atoms with Crippen LogP contribution >= 0.6 is 11.3 Å². The molecule has 1 aliphatic rings. The lowest BCUT2D eigenvalue weighted by Crippen LogP contribution is -2.39. The number of nitrogens with one attached hydrogen (secondary N) is 1. The third-order valence-corrected chi connectivity index (χ3v) is 5.75. The van der Waals surface area contributed by atoms with Crippen molar-refractivity contribution in [3.8, 4) is 10.6 Å². The summed E-state index contributed by atoms with van der Waals surface area (Å²) in [4.78, 5) is 28.2. The number of likely N-dealkylation sites (tertiary alicyclic amines) is 1. The number of hydrogen-bond acceptors (Lipinski definition) is 5. The van der Waals surface area contributed by atoms with Gasteiger partial charge in [0.1, 0.15) is 10.8 Å². The summed E-state index contributed by atoms with van der Waals surface area (Å²) in [7, 11) is 0. The van der Waals surface area contributed by atoms with Gasteiger partial charge in [-0.05, 0) is 31.0 Å². The Balaban J connectivity index is 1.52. The number of H-pyrrole nitrogens is 1. The van der Waals surface area contributed by atoms with Crippen LogP contribution in [0.5, 0.6) is 0 Å². The Morgan fingerprint density at radius 1 is 1.22 bits per heavy atom. The summed E-state index contributed by atoms with van der Waals surface area (Å²) < 4.78 is 14.0. The maximum atomic E-state index is 14.0. The van der Waals surface area contributed by atoms with Gasteiger partial charge in [0.05, 0.1) is 5.56 Å². The number of rotatable bonds is 3. The van der Waals surface area contributed by atoms with Crippen molar-refractivity contribution < 1.29 is 9.18 Å². The van der Waals surface area contributed by atoms with Crippen LogP contribution < -0.4 is 5.56 Å². The first-order valence-corrected chi connectivity index (χ1v) is 9.50. The zero-order valence-corrected chi connectivity index (χ0v) is 15.2. The molecule has 138 valence electrons. The van der Waals surface area contributed by atoms with Crippen molar-refractivity contribution >= 4 is 17.2 Å². The molecule has 1 aliphatic heterocycles. The minimum atomic E-state index is -0.321. The van der Waals surface area contributed by atoms with Gasteiger partial charge in [-0.25, -0.2) is 4.39 Å². The number of carbonyl (C=O) groups is 1. The fourth-order valence-electron chi connectivity index (χ4n) is 3.23. The van der Waals surface area contributed by atoms with Crippen LogP contribution in [0.1, 0.15) is 34.1 Å². The van der Waals surface area contributed by atoms with Crippen molar-refractivity contribution in [2.45, 2.75) is 18.8 Å². The first-order chi connectivity index (χ1) is 13.1. The number of nitrogens with zero attached hydrogens (tertiary/aromatic N) is 3. The summed E-state index contributed by atoms with van der Waals surface area (Å²) in [6.07, 6.45) is 3.20. The van der Waals surface area contributed by atoms with Crippen LogP contribution in [0.2, 0.25) is 0 Å². The molecular formula is C19H17FN4O2S. The second-order valence-corrected chi connectivity index (χ2v) is 7.47. The molecule has 0 bridgehead atoms. The number of benzene rings is 1. The zero-order valence-electron chi connectivity index (χ0n) is 14.4. The normalized spacial score (nSPS) is 17.1. The standard InChI is InChI=1S/C19H17FN4O2S/c20-15-6-2-1-5-14(15)18-23-22-17(27-18)13-4-3-9-24(11-13)19(26)12-7-8-16(25)21-10-12/h1-2,5-8,10,13H,3-4,9,11H2,(H,21,25)/t13-/m0/s1. The Hall–Kier alpha value is -2.87. The molecule has 0 radical (unpaired) electrons. The first-order valence-electron chi connectivity index (χ1n) is 8.68. The number of aromatic nitrogens is 3. The molecule has 1 aromatic carbocycles. The summed E-state index contributed by atoms with van der Waals surface area (Å²) in [5, 5.41) is 9.76. The number of aromatic amines is 1. The highest BCUT2D eigenvalue weighted by Crippen LogP contribution is 2.33. The van der Waals surface area contributed by atoms with Gasteiger partial charge in [0.15, 0.2) is 5.01 Å². The summed E-state index contributed by atoms with van der Waals surface area (Å²) in [5.41, 5.74) is 0.662. The highest BCUT2D eigenvalue weighted by atomic mass is 32.1. The molecule has 1 atom stereocenters. The molecule has 1 N–H and O–H groups in total. The van der Waals surface area contributed by atoms with Gasteiger partial charge in [-0.3, -0.25) is 9.59 Å². The van der Waals surface area contributed by atoms with Crippen LogP contribution in [0.25, 0.3) is 10.6 Å². The molecule has 1 saturated heterocycles. The van der Waals surface area contributed by atoms with Gasteiger partial charge in [0, 0.05) is 36.8 Å². The maximum Gasteiger partial charge on any atom is 0.255 e. The zero-order chi connectivity index (χ0) is 18.8. The lowest BCUT2D eigenvalue weighted by Gasteiger charge is -2.31. The molecule has 1 amide bonds. The largest absolute Gasteiger partial charge is 0.338 e. The molecule has 0 aliphatic carbocycles. The first kappa shape index (κ1) is 17.5. The molecule has 0 unspecified atom stereocenters. The fourth-order valence-corrected chi connectivity index (χ4v) is 4.23. The van der Waals surface area contributed by atoms with Crippen molar-refractivity contribution in [1.29, 1.82) is 0 Å². The Kier molecular flexibility index (Phi) is 4.81. The number of piperidine rings is 1. The molecule has 6 nitrogen and oxygen atoms in total. The Morgan fingerprint density at radius 2 is 2.07 bits per heavy atom. The van der Waals surface area contributed by atoms with E-state index in [-0.39, 0.29) is 23.2 Å². The molecule has 8 heteroatoms. The van der Waals surface area contributed by atoms with E-state index in [2.05, 4.69) is 15.2 Å². The number of amides is 1. The van der Waals surface area contributed by atoms with E-state index in [0.29, 0.717) is 29.2 Å². The van der Waals surface area contributed by atoms with Crippen LogP contribution in [0.3, 0.4) is 0 Å². The minimum absolute atomic E-state index is 0.0727. The fraction of sp³-hybridized carbons (Fsp3) is 0.263. The minimum Gasteiger partial charge on any atom is -0.338 e. The predicted octanol–water partition coefficient (Wildman–Crippen LogP) is 3.05. The molecule has 1 fully saturated rings. The van der Waals surface area contributed by atoms with E-state index in [0.717, 1.165) is 17.8 Å². The molecule has 27 heavy (non-hydrogen) atoms. The average Bonchev–Trinajstić information content (AvgIpc) is 3.18. The maximum absolute atomic E-state index is 14.0. The van der Waals surface area contributed by atoms with Crippen LogP contribution in [0.4, 0.5) is 4.39 Å². The van der Waals surface area contributed by atoms with E-state index in [1.165, 1.54) is 35.7 Å². The van der Waals surface area contributed by atoms with Crippen molar-refractivity contribution in [2.75, 3.05) is 13.1 Å². The average molecular weight is 384 g/mol. The number of carbonyl (C=O) groups excluding carboxylic acids is 1. The molecule has 3 aromatic rings. The van der Waals surface area contributed by atoms with Gasteiger partial charge in [-0.15, -0.1) is 10.2 Å². The van der Waals surface area contributed by atoms with Gasteiger partial charge >= 0.3 is 0 Å².